The van der Waals surface area contributed by atoms with Crippen molar-refractivity contribution in [2.45, 2.75) is 20.0 Å². The van der Waals surface area contributed by atoms with Crippen molar-refractivity contribution in [1.29, 1.82) is 0 Å². The van der Waals surface area contributed by atoms with Gasteiger partial charge in [0.15, 0.2) is 0 Å². The van der Waals surface area contributed by atoms with Crippen molar-refractivity contribution in [1.82, 2.24) is 0 Å². The van der Waals surface area contributed by atoms with Crippen LogP contribution in [0.4, 0.5) is 0 Å². The monoisotopic (exact) mass is 202 g/mol. The van der Waals surface area contributed by atoms with Crippen LogP contribution in [0.5, 0.6) is 0 Å². The van der Waals surface area contributed by atoms with Crippen LogP contribution in [-0.4, -0.2) is 11.2 Å². The summed E-state index contributed by atoms with van der Waals surface area (Å²) in [4.78, 5) is 1.11. The summed E-state index contributed by atoms with van der Waals surface area (Å²) in [6, 6.07) is 3.82. The largest absolute Gasteiger partial charge is 0.389 e. The Morgan fingerprint density at radius 1 is 1.67 bits per heavy atom. The molecule has 12 heavy (non-hydrogen) atoms. The third-order valence-electron chi connectivity index (χ3n) is 1.45. The van der Waals surface area contributed by atoms with E-state index in [9.17, 15) is 0 Å². The number of halogens is 1. The van der Waals surface area contributed by atoms with Gasteiger partial charge in [0.2, 0.25) is 0 Å². The van der Waals surface area contributed by atoms with Gasteiger partial charge in [0.1, 0.15) is 0 Å². The summed E-state index contributed by atoms with van der Waals surface area (Å²) in [5.74, 6) is 0. The van der Waals surface area contributed by atoms with E-state index in [1.54, 1.807) is 6.92 Å². The van der Waals surface area contributed by atoms with Gasteiger partial charge in [0.05, 0.1) is 10.4 Å². The minimum Gasteiger partial charge on any atom is -0.389 e. The maximum atomic E-state index is 9.09. The second-order valence-electron chi connectivity index (χ2n) is 2.69. The molecule has 0 bridgehead atoms. The number of allylic oxidation sites excluding steroid dienone is 1. The SMILES string of the molecule is C/C(=C/C(C)O)c1ccc(Cl)s1. The molecule has 0 aliphatic carbocycles. The molecule has 3 heteroatoms. The molecule has 0 aliphatic heterocycles. The second-order valence-corrected chi connectivity index (χ2v) is 4.41. The predicted molar refractivity (Wildman–Crippen MR) is 54.7 cm³/mol. The van der Waals surface area contributed by atoms with Crippen molar-refractivity contribution >= 4 is 28.5 Å². The molecule has 0 amide bonds. The van der Waals surface area contributed by atoms with Crippen LogP contribution >= 0.6 is 22.9 Å². The summed E-state index contributed by atoms with van der Waals surface area (Å²) in [5.41, 5.74) is 1.07. The first-order valence-electron chi connectivity index (χ1n) is 3.72. The Hall–Kier alpha value is -0.310. The van der Waals surface area contributed by atoms with E-state index in [1.807, 2.05) is 25.1 Å². The van der Waals surface area contributed by atoms with Crippen molar-refractivity contribution in [2.75, 3.05) is 0 Å². The molecule has 66 valence electrons. The smallest absolute Gasteiger partial charge is 0.0934 e. The Morgan fingerprint density at radius 3 is 2.75 bits per heavy atom. The van der Waals surface area contributed by atoms with Crippen LogP contribution in [0, 0.1) is 0 Å². The summed E-state index contributed by atoms with van der Waals surface area (Å²) in [5, 5.41) is 9.09. The maximum absolute atomic E-state index is 9.09. The third-order valence-corrected chi connectivity index (χ3v) is 2.82. The average molecular weight is 203 g/mol. The Kier molecular flexibility index (Phi) is 3.32. The van der Waals surface area contributed by atoms with E-state index >= 15 is 0 Å². The van der Waals surface area contributed by atoms with Crippen molar-refractivity contribution < 1.29 is 5.11 Å². The van der Waals surface area contributed by atoms with Crippen molar-refractivity contribution in [3.05, 3.63) is 27.4 Å². The molecule has 0 radical (unpaired) electrons. The Balaban J connectivity index is 2.84. The molecule has 0 aliphatic rings. The fourth-order valence-electron chi connectivity index (χ4n) is 0.970. The van der Waals surface area contributed by atoms with E-state index in [0.717, 1.165) is 14.8 Å². The Labute approximate surface area is 81.3 Å². The van der Waals surface area contributed by atoms with E-state index in [0.29, 0.717) is 0 Å². The summed E-state index contributed by atoms with van der Waals surface area (Å²) < 4.78 is 0.781. The molecular weight excluding hydrogens is 192 g/mol. The summed E-state index contributed by atoms with van der Waals surface area (Å²) in [6.45, 7) is 3.70. The lowest BCUT2D eigenvalue weighted by Gasteiger charge is -1.98. The van der Waals surface area contributed by atoms with Crippen molar-refractivity contribution in [3.8, 4) is 0 Å². The zero-order valence-electron chi connectivity index (χ0n) is 7.04. The summed E-state index contributed by atoms with van der Waals surface area (Å²) in [6.07, 6.45) is 1.41. The molecule has 0 saturated heterocycles. The molecule has 0 fully saturated rings. The quantitative estimate of drug-likeness (QED) is 0.781. The number of hydrogen-bond acceptors (Lipinski definition) is 2. The van der Waals surface area contributed by atoms with Gasteiger partial charge in [-0.25, -0.2) is 0 Å². The Bertz CT molecular complexity index is 288. The third kappa shape index (κ3) is 2.63. The molecule has 1 atom stereocenters. The lowest BCUT2D eigenvalue weighted by atomic mass is 10.2. The van der Waals surface area contributed by atoms with Crippen LogP contribution < -0.4 is 0 Å². The molecule has 1 N–H and O–H groups in total. The highest BCUT2D eigenvalue weighted by Gasteiger charge is 2.00. The van der Waals surface area contributed by atoms with Crippen LogP contribution in [0.15, 0.2) is 18.2 Å². The van der Waals surface area contributed by atoms with Gasteiger partial charge < -0.3 is 5.11 Å². The fourth-order valence-corrected chi connectivity index (χ4v) is 1.99. The van der Waals surface area contributed by atoms with Crippen LogP contribution in [0.25, 0.3) is 5.57 Å². The zero-order valence-corrected chi connectivity index (χ0v) is 8.62. The van der Waals surface area contributed by atoms with Gasteiger partial charge in [-0.05, 0) is 31.6 Å². The molecule has 1 aromatic heterocycles. The maximum Gasteiger partial charge on any atom is 0.0934 e. The first kappa shape index (κ1) is 9.78. The first-order valence-corrected chi connectivity index (χ1v) is 4.91. The van der Waals surface area contributed by atoms with Crippen molar-refractivity contribution in [2.24, 2.45) is 0 Å². The van der Waals surface area contributed by atoms with Crippen molar-refractivity contribution in [3.63, 3.8) is 0 Å². The zero-order chi connectivity index (χ0) is 9.14. The van der Waals surface area contributed by atoms with E-state index in [2.05, 4.69) is 0 Å². The van der Waals surface area contributed by atoms with E-state index in [-0.39, 0.29) is 0 Å². The average Bonchev–Trinajstić information content (AvgIpc) is 2.34. The molecular formula is C9H11ClOS. The number of aliphatic hydroxyl groups excluding tert-OH is 1. The minimum atomic E-state index is -0.397. The molecule has 0 spiro atoms. The Morgan fingerprint density at radius 2 is 2.33 bits per heavy atom. The van der Waals surface area contributed by atoms with Crippen LogP contribution in [-0.2, 0) is 0 Å². The number of aliphatic hydroxyl groups is 1. The van der Waals surface area contributed by atoms with E-state index < -0.39 is 6.10 Å². The molecule has 1 unspecified atom stereocenters. The molecule has 1 rings (SSSR count). The summed E-state index contributed by atoms with van der Waals surface area (Å²) >= 11 is 7.29. The predicted octanol–water partition coefficient (Wildman–Crippen LogP) is 3.19. The fraction of sp³-hybridized carbons (Fsp3) is 0.333. The topological polar surface area (TPSA) is 20.2 Å². The molecule has 1 aromatic rings. The second kappa shape index (κ2) is 4.08. The summed E-state index contributed by atoms with van der Waals surface area (Å²) in [7, 11) is 0. The molecule has 1 nitrogen and oxygen atoms in total. The van der Waals surface area contributed by atoms with Crippen LogP contribution in [0.3, 0.4) is 0 Å². The lowest BCUT2D eigenvalue weighted by molar-refractivity contribution is 0.244. The van der Waals surface area contributed by atoms with Gasteiger partial charge in [-0.1, -0.05) is 17.7 Å². The first-order chi connectivity index (χ1) is 5.59. The number of hydrogen-bond donors (Lipinski definition) is 1. The van der Waals surface area contributed by atoms with Gasteiger partial charge in [-0.3, -0.25) is 0 Å². The standard InChI is InChI=1S/C9H11ClOS/c1-6(5-7(2)11)8-3-4-9(10)12-8/h3-5,7,11H,1-2H3/b6-5-. The molecule has 0 aromatic carbocycles. The normalized spacial score (nSPS) is 14.8. The minimum absolute atomic E-state index is 0.397. The van der Waals surface area contributed by atoms with Gasteiger partial charge in [0, 0.05) is 4.88 Å². The lowest BCUT2D eigenvalue weighted by Crippen LogP contribution is -1.93. The highest BCUT2D eigenvalue weighted by Crippen LogP contribution is 2.27. The highest BCUT2D eigenvalue weighted by molar-refractivity contribution is 7.17. The van der Waals surface area contributed by atoms with Gasteiger partial charge in [0.25, 0.3) is 0 Å². The van der Waals surface area contributed by atoms with Gasteiger partial charge >= 0.3 is 0 Å². The van der Waals surface area contributed by atoms with Crippen LogP contribution in [0.1, 0.15) is 18.7 Å². The van der Waals surface area contributed by atoms with E-state index in [4.69, 9.17) is 16.7 Å². The van der Waals surface area contributed by atoms with E-state index in [1.165, 1.54) is 11.3 Å². The molecule has 1 heterocycles. The van der Waals surface area contributed by atoms with Gasteiger partial charge in [-0.2, -0.15) is 0 Å². The number of rotatable bonds is 2. The molecule has 0 saturated carbocycles. The van der Waals surface area contributed by atoms with Crippen LogP contribution in [0.2, 0.25) is 4.34 Å². The number of thiophene rings is 1. The highest BCUT2D eigenvalue weighted by atomic mass is 35.5. The van der Waals surface area contributed by atoms with Gasteiger partial charge in [-0.15, -0.1) is 11.3 Å².